The first-order chi connectivity index (χ1) is 10.8. The Morgan fingerprint density at radius 3 is 2.77 bits per heavy atom. The molecule has 1 amide bonds. The summed E-state index contributed by atoms with van der Waals surface area (Å²) in [6.07, 6.45) is 11.8. The van der Waals surface area contributed by atoms with Crippen molar-refractivity contribution in [1.82, 2.24) is 5.27 Å². The van der Waals surface area contributed by atoms with E-state index in [1.54, 1.807) is 22.7 Å². The van der Waals surface area contributed by atoms with E-state index in [1.807, 2.05) is 0 Å². The molecule has 0 aromatic carbocycles. The maximum atomic E-state index is 12.0. The van der Waals surface area contributed by atoms with Crippen LogP contribution in [0.4, 0.5) is 5.88 Å². The summed E-state index contributed by atoms with van der Waals surface area (Å²) >= 11 is 1.77. The first kappa shape index (κ1) is 15.6. The van der Waals surface area contributed by atoms with Gasteiger partial charge in [-0.15, -0.1) is 11.8 Å². The average molecular weight is 325 g/mol. The van der Waals surface area contributed by atoms with E-state index in [0.29, 0.717) is 16.9 Å². The summed E-state index contributed by atoms with van der Waals surface area (Å²) < 4.78 is 5.21. The van der Waals surface area contributed by atoms with Crippen molar-refractivity contribution in [2.45, 2.75) is 56.6 Å². The summed E-state index contributed by atoms with van der Waals surface area (Å²) in [7, 11) is 0. The first-order valence-electron chi connectivity index (χ1n) is 8.36. The van der Waals surface area contributed by atoms with Crippen molar-refractivity contribution in [3.63, 3.8) is 0 Å². The number of aromatic nitrogens is 2. The van der Waals surface area contributed by atoms with Crippen molar-refractivity contribution < 1.29 is 14.1 Å². The Hall–Kier alpha value is -1.24. The molecule has 0 radical (unpaired) electrons. The van der Waals surface area contributed by atoms with Crippen LogP contribution in [0.3, 0.4) is 0 Å². The van der Waals surface area contributed by atoms with Crippen LogP contribution in [0.15, 0.2) is 10.7 Å². The zero-order chi connectivity index (χ0) is 15.2. The SMILES string of the molecule is O=C(CSC1CCCCC1)Nc1c[n+](N2CCCCC2)no1. The highest BCUT2D eigenvalue weighted by Crippen LogP contribution is 2.28. The highest BCUT2D eigenvalue weighted by Gasteiger charge is 2.23. The predicted molar refractivity (Wildman–Crippen MR) is 86.5 cm³/mol. The molecule has 122 valence electrons. The Morgan fingerprint density at radius 1 is 1.27 bits per heavy atom. The van der Waals surface area contributed by atoms with Gasteiger partial charge in [0.05, 0.1) is 23.6 Å². The summed E-state index contributed by atoms with van der Waals surface area (Å²) in [4.78, 5) is 13.7. The summed E-state index contributed by atoms with van der Waals surface area (Å²) in [5.74, 6) is 0.923. The molecule has 0 atom stereocenters. The van der Waals surface area contributed by atoms with Crippen molar-refractivity contribution in [2.75, 3.05) is 29.2 Å². The minimum atomic E-state index is -0.00230. The molecule has 0 unspecified atom stereocenters. The number of anilines is 1. The van der Waals surface area contributed by atoms with Gasteiger partial charge >= 0.3 is 5.88 Å². The zero-order valence-corrected chi connectivity index (χ0v) is 13.8. The van der Waals surface area contributed by atoms with Crippen LogP contribution in [0, 0.1) is 0 Å². The van der Waals surface area contributed by atoms with Crippen LogP contribution < -0.4 is 15.1 Å². The van der Waals surface area contributed by atoms with E-state index in [4.69, 9.17) is 4.52 Å². The molecule has 1 aromatic rings. The van der Waals surface area contributed by atoms with Gasteiger partial charge in [0.15, 0.2) is 0 Å². The van der Waals surface area contributed by atoms with Crippen LogP contribution >= 0.6 is 11.8 Å². The van der Waals surface area contributed by atoms with Crippen molar-refractivity contribution in [1.29, 1.82) is 0 Å². The van der Waals surface area contributed by atoms with Gasteiger partial charge in [0.2, 0.25) is 11.2 Å². The Kier molecular flexibility index (Phi) is 5.58. The molecule has 0 spiro atoms. The molecule has 1 aliphatic carbocycles. The van der Waals surface area contributed by atoms with Gasteiger partial charge in [-0.05, 0) is 32.1 Å². The summed E-state index contributed by atoms with van der Waals surface area (Å²) in [5.41, 5.74) is 0. The van der Waals surface area contributed by atoms with E-state index in [2.05, 4.69) is 15.6 Å². The zero-order valence-electron chi connectivity index (χ0n) is 13.0. The number of amides is 1. The summed E-state index contributed by atoms with van der Waals surface area (Å²) in [6, 6.07) is 0. The summed E-state index contributed by atoms with van der Waals surface area (Å²) in [5, 5.41) is 9.58. The number of piperidine rings is 1. The van der Waals surface area contributed by atoms with E-state index in [0.717, 1.165) is 13.1 Å². The van der Waals surface area contributed by atoms with Gasteiger partial charge in [-0.1, -0.05) is 19.3 Å². The molecule has 7 heteroatoms. The van der Waals surface area contributed by atoms with Gasteiger partial charge in [0.25, 0.3) is 6.20 Å². The Morgan fingerprint density at radius 2 is 2.00 bits per heavy atom. The van der Waals surface area contributed by atoms with Gasteiger partial charge in [-0.2, -0.15) is 5.01 Å². The van der Waals surface area contributed by atoms with Crippen LogP contribution in [0.1, 0.15) is 51.4 Å². The number of nitrogens with zero attached hydrogens (tertiary/aromatic N) is 3. The quantitative estimate of drug-likeness (QED) is 0.840. The van der Waals surface area contributed by atoms with Gasteiger partial charge in [-0.25, -0.2) is 0 Å². The first-order valence-corrected chi connectivity index (χ1v) is 9.41. The number of hydrogen-bond acceptors (Lipinski definition) is 5. The van der Waals surface area contributed by atoms with E-state index >= 15 is 0 Å². The highest BCUT2D eigenvalue weighted by molar-refractivity contribution is 8.00. The van der Waals surface area contributed by atoms with Crippen LogP contribution in [0.2, 0.25) is 0 Å². The maximum absolute atomic E-state index is 12.0. The second-order valence-corrected chi connectivity index (χ2v) is 7.41. The predicted octanol–water partition coefficient (Wildman–Crippen LogP) is 2.09. The topological polar surface area (TPSA) is 62.3 Å². The van der Waals surface area contributed by atoms with Crippen LogP contribution in [0.5, 0.6) is 0 Å². The third kappa shape index (κ3) is 4.38. The fraction of sp³-hybridized carbons (Fsp3) is 0.800. The van der Waals surface area contributed by atoms with Gasteiger partial charge in [0, 0.05) is 5.25 Å². The minimum Gasteiger partial charge on any atom is -0.288 e. The average Bonchev–Trinajstić information content (AvgIpc) is 3.03. The molecule has 2 aliphatic rings. The molecule has 1 saturated carbocycles. The molecule has 1 aromatic heterocycles. The van der Waals surface area contributed by atoms with Crippen molar-refractivity contribution >= 4 is 23.6 Å². The number of hydrogen-bond donors (Lipinski definition) is 1. The number of carbonyl (C=O) groups is 1. The Bertz CT molecular complexity index is 482. The number of nitrogens with one attached hydrogen (secondary N) is 1. The van der Waals surface area contributed by atoms with E-state index in [9.17, 15) is 4.79 Å². The number of thioether (sulfide) groups is 1. The molecule has 1 saturated heterocycles. The van der Waals surface area contributed by atoms with Crippen LogP contribution in [0.25, 0.3) is 0 Å². The lowest BCUT2D eigenvalue weighted by molar-refractivity contribution is -0.759. The minimum absolute atomic E-state index is 0.00230. The summed E-state index contributed by atoms with van der Waals surface area (Å²) in [6.45, 7) is 1.98. The molecule has 22 heavy (non-hydrogen) atoms. The largest absolute Gasteiger partial charge is 0.305 e. The van der Waals surface area contributed by atoms with E-state index in [-0.39, 0.29) is 5.91 Å². The van der Waals surface area contributed by atoms with E-state index < -0.39 is 0 Å². The van der Waals surface area contributed by atoms with Crippen molar-refractivity contribution in [3.8, 4) is 0 Å². The van der Waals surface area contributed by atoms with Gasteiger partial charge < -0.3 is 0 Å². The number of rotatable bonds is 5. The van der Waals surface area contributed by atoms with Gasteiger partial charge in [-0.3, -0.25) is 14.6 Å². The van der Waals surface area contributed by atoms with E-state index in [1.165, 1.54) is 51.4 Å². The second kappa shape index (κ2) is 7.85. The van der Waals surface area contributed by atoms with Gasteiger partial charge in [0.1, 0.15) is 0 Å². The lowest BCUT2D eigenvalue weighted by Crippen LogP contribution is -2.60. The molecule has 3 rings (SSSR count). The monoisotopic (exact) mass is 325 g/mol. The Labute approximate surface area is 135 Å². The fourth-order valence-corrected chi connectivity index (χ4v) is 4.23. The maximum Gasteiger partial charge on any atom is 0.305 e. The molecule has 1 N–H and O–H groups in total. The lowest BCUT2D eigenvalue weighted by Gasteiger charge is -2.20. The number of carbonyl (C=O) groups excluding carboxylic acids is 1. The normalized spacial score (nSPS) is 20.1. The molecule has 2 heterocycles. The highest BCUT2D eigenvalue weighted by atomic mass is 32.2. The molecule has 1 aliphatic heterocycles. The third-order valence-electron chi connectivity index (χ3n) is 4.34. The van der Waals surface area contributed by atoms with Crippen molar-refractivity contribution in [2.24, 2.45) is 0 Å². The molecular formula is C15H25N4O2S+. The standard InChI is InChI=1S/C15H24N4O2S/c20-14(12-22-13-7-3-1-4-8-13)16-15-11-19(17-21-15)18-9-5-2-6-10-18/h11,13H,1-10,12H2/p+1. The second-order valence-electron chi connectivity index (χ2n) is 6.12. The van der Waals surface area contributed by atoms with Crippen molar-refractivity contribution in [3.05, 3.63) is 6.20 Å². The lowest BCUT2D eigenvalue weighted by atomic mass is 10.0. The third-order valence-corrected chi connectivity index (χ3v) is 5.71. The van der Waals surface area contributed by atoms with Crippen LogP contribution in [-0.2, 0) is 4.79 Å². The Balaban J connectivity index is 1.43. The molecule has 0 bridgehead atoms. The fourth-order valence-electron chi connectivity index (χ4n) is 3.11. The molecule has 6 nitrogen and oxygen atoms in total. The van der Waals surface area contributed by atoms with Crippen LogP contribution in [-0.4, -0.2) is 35.3 Å². The molecule has 2 fully saturated rings. The molecular weight excluding hydrogens is 300 g/mol. The smallest absolute Gasteiger partial charge is 0.288 e.